The van der Waals surface area contributed by atoms with Crippen molar-refractivity contribution in [1.29, 1.82) is 0 Å². The maximum Gasteiger partial charge on any atom is 0.335 e. The molecule has 0 bridgehead atoms. The van der Waals surface area contributed by atoms with E-state index >= 15 is 0 Å². The van der Waals surface area contributed by atoms with Gasteiger partial charge in [0, 0.05) is 0 Å². The molecule has 0 saturated carbocycles. The summed E-state index contributed by atoms with van der Waals surface area (Å²) in [6, 6.07) is 5.02. The van der Waals surface area contributed by atoms with Crippen molar-refractivity contribution in [3.05, 3.63) is 59.7 Å². The van der Waals surface area contributed by atoms with Crippen LogP contribution in [0.5, 0.6) is 0 Å². The molecule has 1 aromatic carbocycles. The standard InChI is InChI=1S/C8H6O4.C6H8/c9-7(10)5-1-2-6(4-3-5)8(11)12;1-2-4-6-5-3-1/h1-4H,(H,9,10)(H,11,12);1-4H,5-6H2. The lowest BCUT2D eigenvalue weighted by molar-refractivity contribution is 0.0681. The average Bonchev–Trinajstić information content (AvgIpc) is 2.41. The van der Waals surface area contributed by atoms with Crippen molar-refractivity contribution < 1.29 is 19.8 Å². The van der Waals surface area contributed by atoms with E-state index < -0.39 is 11.9 Å². The minimum atomic E-state index is -1.06. The first-order valence-electron chi connectivity index (χ1n) is 5.49. The summed E-state index contributed by atoms with van der Waals surface area (Å²) in [4.78, 5) is 20.7. The van der Waals surface area contributed by atoms with E-state index in [4.69, 9.17) is 10.2 Å². The number of benzene rings is 1. The lowest BCUT2D eigenvalue weighted by atomic mass is 10.1. The van der Waals surface area contributed by atoms with Crippen LogP contribution in [-0.4, -0.2) is 22.2 Å². The van der Waals surface area contributed by atoms with Crippen molar-refractivity contribution in [1.82, 2.24) is 0 Å². The molecule has 4 nitrogen and oxygen atoms in total. The zero-order chi connectivity index (χ0) is 13.4. The Bertz CT molecular complexity index is 424. The minimum absolute atomic E-state index is 0.0833. The molecule has 0 amide bonds. The SMILES string of the molecule is C1=CCCC=C1.O=C(O)c1ccc(C(=O)O)cc1. The number of hydrogen-bond acceptors (Lipinski definition) is 2. The van der Waals surface area contributed by atoms with Crippen LogP contribution in [0.1, 0.15) is 33.6 Å². The number of carboxylic acid groups (broad SMARTS) is 2. The van der Waals surface area contributed by atoms with E-state index in [1.54, 1.807) is 0 Å². The summed E-state index contributed by atoms with van der Waals surface area (Å²) in [5.74, 6) is -2.13. The molecule has 1 aromatic rings. The lowest BCUT2D eigenvalue weighted by Crippen LogP contribution is -1.99. The monoisotopic (exact) mass is 246 g/mol. The van der Waals surface area contributed by atoms with Gasteiger partial charge in [0.2, 0.25) is 0 Å². The van der Waals surface area contributed by atoms with E-state index in [0.29, 0.717) is 0 Å². The summed E-state index contributed by atoms with van der Waals surface area (Å²) < 4.78 is 0. The third kappa shape index (κ3) is 4.65. The molecule has 0 unspecified atom stereocenters. The first-order chi connectivity index (χ1) is 8.61. The highest BCUT2D eigenvalue weighted by Crippen LogP contribution is 2.03. The number of aromatic carboxylic acids is 2. The van der Waals surface area contributed by atoms with Gasteiger partial charge < -0.3 is 10.2 Å². The molecular weight excluding hydrogens is 232 g/mol. The van der Waals surface area contributed by atoms with E-state index in [1.165, 1.54) is 37.1 Å². The zero-order valence-electron chi connectivity index (χ0n) is 9.74. The van der Waals surface area contributed by atoms with Crippen LogP contribution in [0.2, 0.25) is 0 Å². The second kappa shape index (κ2) is 7.06. The van der Waals surface area contributed by atoms with Crippen LogP contribution in [-0.2, 0) is 0 Å². The molecule has 2 N–H and O–H groups in total. The van der Waals surface area contributed by atoms with Gasteiger partial charge in [-0.3, -0.25) is 0 Å². The summed E-state index contributed by atoms with van der Waals surface area (Å²) in [6.07, 6.45) is 11.0. The topological polar surface area (TPSA) is 74.6 Å². The van der Waals surface area contributed by atoms with Gasteiger partial charge in [-0.15, -0.1) is 0 Å². The molecule has 1 aliphatic rings. The summed E-state index contributed by atoms with van der Waals surface area (Å²) in [5.41, 5.74) is 0.167. The number of carbonyl (C=O) groups is 2. The summed E-state index contributed by atoms with van der Waals surface area (Å²) in [5, 5.41) is 16.9. The van der Waals surface area contributed by atoms with Gasteiger partial charge in [-0.1, -0.05) is 24.3 Å². The number of hydrogen-bond donors (Lipinski definition) is 2. The Morgan fingerprint density at radius 2 is 1.11 bits per heavy atom. The molecule has 0 radical (unpaired) electrons. The van der Waals surface area contributed by atoms with Crippen molar-refractivity contribution in [3.8, 4) is 0 Å². The Kier molecular flexibility index (Phi) is 5.38. The maximum atomic E-state index is 10.3. The fraction of sp³-hybridized carbons (Fsp3) is 0.143. The quantitative estimate of drug-likeness (QED) is 0.841. The van der Waals surface area contributed by atoms with Crippen LogP contribution in [0.4, 0.5) is 0 Å². The van der Waals surface area contributed by atoms with Crippen molar-refractivity contribution in [2.45, 2.75) is 12.8 Å². The van der Waals surface area contributed by atoms with Crippen LogP contribution in [0, 0.1) is 0 Å². The molecule has 0 spiro atoms. The van der Waals surface area contributed by atoms with E-state index in [2.05, 4.69) is 24.3 Å². The van der Waals surface area contributed by atoms with E-state index in [0.717, 1.165) is 0 Å². The Morgan fingerprint density at radius 1 is 0.778 bits per heavy atom. The van der Waals surface area contributed by atoms with Gasteiger partial charge in [0.15, 0.2) is 0 Å². The highest BCUT2D eigenvalue weighted by atomic mass is 16.4. The fourth-order valence-electron chi connectivity index (χ4n) is 1.30. The highest BCUT2D eigenvalue weighted by molar-refractivity contribution is 5.91. The van der Waals surface area contributed by atoms with Gasteiger partial charge in [-0.2, -0.15) is 0 Å². The first-order valence-corrected chi connectivity index (χ1v) is 5.49. The third-order valence-corrected chi connectivity index (χ3v) is 2.26. The Labute approximate surface area is 105 Å². The summed E-state index contributed by atoms with van der Waals surface area (Å²) in [7, 11) is 0. The molecule has 0 heterocycles. The second-order valence-corrected chi connectivity index (χ2v) is 3.62. The van der Waals surface area contributed by atoms with Gasteiger partial charge in [0.1, 0.15) is 0 Å². The highest BCUT2D eigenvalue weighted by Gasteiger charge is 2.04. The normalized spacial score (nSPS) is 12.4. The summed E-state index contributed by atoms with van der Waals surface area (Å²) >= 11 is 0. The predicted molar refractivity (Wildman–Crippen MR) is 67.9 cm³/mol. The van der Waals surface area contributed by atoms with E-state index in [1.807, 2.05) is 0 Å². The first kappa shape index (κ1) is 13.7. The Balaban J connectivity index is 0.000000225. The zero-order valence-corrected chi connectivity index (χ0v) is 9.74. The van der Waals surface area contributed by atoms with Gasteiger partial charge in [0.25, 0.3) is 0 Å². The number of carboxylic acids is 2. The van der Waals surface area contributed by atoms with Crippen molar-refractivity contribution in [3.63, 3.8) is 0 Å². The molecule has 0 aliphatic heterocycles. The average molecular weight is 246 g/mol. The fourth-order valence-corrected chi connectivity index (χ4v) is 1.30. The second-order valence-electron chi connectivity index (χ2n) is 3.62. The van der Waals surface area contributed by atoms with Crippen LogP contribution < -0.4 is 0 Å². The minimum Gasteiger partial charge on any atom is -0.478 e. The number of rotatable bonds is 2. The molecule has 1 aliphatic carbocycles. The Hall–Kier alpha value is -2.36. The smallest absolute Gasteiger partial charge is 0.335 e. The van der Waals surface area contributed by atoms with Crippen LogP contribution in [0.15, 0.2) is 48.6 Å². The predicted octanol–water partition coefficient (Wildman–Crippen LogP) is 2.98. The Morgan fingerprint density at radius 3 is 1.28 bits per heavy atom. The van der Waals surface area contributed by atoms with Crippen molar-refractivity contribution in [2.24, 2.45) is 0 Å². The van der Waals surface area contributed by atoms with Gasteiger partial charge in [-0.05, 0) is 37.1 Å². The van der Waals surface area contributed by atoms with E-state index in [9.17, 15) is 9.59 Å². The van der Waals surface area contributed by atoms with Gasteiger partial charge >= 0.3 is 11.9 Å². The molecule has 18 heavy (non-hydrogen) atoms. The molecule has 0 aromatic heterocycles. The molecule has 94 valence electrons. The molecule has 0 saturated heterocycles. The summed E-state index contributed by atoms with van der Waals surface area (Å²) in [6.45, 7) is 0. The molecule has 2 rings (SSSR count). The van der Waals surface area contributed by atoms with Crippen molar-refractivity contribution >= 4 is 11.9 Å². The van der Waals surface area contributed by atoms with Crippen LogP contribution in [0.3, 0.4) is 0 Å². The molecule has 4 heteroatoms. The lowest BCUT2D eigenvalue weighted by Gasteiger charge is -1.94. The third-order valence-electron chi connectivity index (χ3n) is 2.26. The number of allylic oxidation sites excluding steroid dienone is 4. The van der Waals surface area contributed by atoms with Crippen LogP contribution >= 0.6 is 0 Å². The van der Waals surface area contributed by atoms with Crippen molar-refractivity contribution in [2.75, 3.05) is 0 Å². The molecule has 0 atom stereocenters. The van der Waals surface area contributed by atoms with E-state index in [-0.39, 0.29) is 11.1 Å². The molecular formula is C14H14O4. The van der Waals surface area contributed by atoms with Gasteiger partial charge in [0.05, 0.1) is 11.1 Å². The molecule has 0 fully saturated rings. The van der Waals surface area contributed by atoms with Crippen LogP contribution in [0.25, 0.3) is 0 Å². The largest absolute Gasteiger partial charge is 0.478 e. The van der Waals surface area contributed by atoms with Gasteiger partial charge in [-0.25, -0.2) is 9.59 Å². The maximum absolute atomic E-state index is 10.3.